The van der Waals surface area contributed by atoms with Gasteiger partial charge in [0, 0.05) is 51.7 Å². The van der Waals surface area contributed by atoms with Crippen LogP contribution in [0.15, 0.2) is 11.4 Å². The van der Waals surface area contributed by atoms with Crippen LogP contribution in [-0.2, 0) is 11.8 Å². The Morgan fingerprint density at radius 3 is 2.72 bits per heavy atom. The normalized spacial score (nSPS) is 30.6. The Hall–Kier alpha value is -1.60. The van der Waals surface area contributed by atoms with Crippen LogP contribution in [-0.4, -0.2) is 59.4 Å². The number of thiophene rings is 1. The zero-order valence-corrected chi connectivity index (χ0v) is 18.5. The number of aryl methyl sites for hydroxylation is 1. The van der Waals surface area contributed by atoms with Gasteiger partial charge in [-0.15, -0.1) is 11.3 Å². The van der Waals surface area contributed by atoms with E-state index >= 15 is 0 Å². The lowest BCUT2D eigenvalue weighted by atomic mass is 9.87. The number of nitrogens with one attached hydrogen (secondary N) is 1. The summed E-state index contributed by atoms with van der Waals surface area (Å²) in [5.41, 5.74) is 1.23. The standard InChI is InChI=1S/C22H33N5OS/c1-15-3-5-17(6-4-15)23-22(28)18-13-16(18)14-26-8-10-27(11-9-26)21-20-19(7-12-29-20)25(2)24-21/h7,12,15-18H,3-6,8-11,13-14H2,1-2H3,(H,23,28)/t15?,16-,17?,18+/m0/s1. The number of carbonyl (C=O) groups excluding carboxylic acids is 1. The van der Waals surface area contributed by atoms with E-state index < -0.39 is 0 Å². The molecule has 3 heterocycles. The quantitative estimate of drug-likeness (QED) is 0.815. The molecule has 2 aliphatic carbocycles. The summed E-state index contributed by atoms with van der Waals surface area (Å²) in [5.74, 6) is 3.11. The predicted molar refractivity (Wildman–Crippen MR) is 118 cm³/mol. The van der Waals surface area contributed by atoms with E-state index in [1.54, 1.807) is 11.3 Å². The maximum Gasteiger partial charge on any atom is 0.223 e. The molecular weight excluding hydrogens is 382 g/mol. The first-order valence-corrected chi connectivity index (χ1v) is 12.1. The van der Waals surface area contributed by atoms with Gasteiger partial charge in [0.2, 0.25) is 5.91 Å². The molecule has 2 saturated carbocycles. The van der Waals surface area contributed by atoms with Crippen molar-refractivity contribution in [3.05, 3.63) is 11.4 Å². The maximum absolute atomic E-state index is 12.6. The van der Waals surface area contributed by atoms with Crippen molar-refractivity contribution >= 4 is 33.3 Å². The summed E-state index contributed by atoms with van der Waals surface area (Å²) in [6, 6.07) is 2.58. The van der Waals surface area contributed by atoms with Crippen molar-refractivity contribution in [2.24, 2.45) is 24.8 Å². The average Bonchev–Trinajstić information content (AvgIpc) is 3.18. The summed E-state index contributed by atoms with van der Waals surface area (Å²) < 4.78 is 3.30. The number of piperazine rings is 1. The van der Waals surface area contributed by atoms with Crippen LogP contribution in [0.2, 0.25) is 0 Å². The second-order valence-corrected chi connectivity index (χ2v) is 10.4. The van der Waals surface area contributed by atoms with E-state index in [4.69, 9.17) is 5.10 Å². The maximum atomic E-state index is 12.6. The van der Waals surface area contributed by atoms with E-state index in [-0.39, 0.29) is 5.92 Å². The molecule has 1 saturated heterocycles. The van der Waals surface area contributed by atoms with Gasteiger partial charge in [0.1, 0.15) is 0 Å². The summed E-state index contributed by atoms with van der Waals surface area (Å²) in [7, 11) is 2.03. The van der Waals surface area contributed by atoms with Gasteiger partial charge in [-0.2, -0.15) is 5.10 Å². The Morgan fingerprint density at radius 2 is 1.97 bits per heavy atom. The van der Waals surface area contributed by atoms with Crippen molar-refractivity contribution < 1.29 is 4.79 Å². The Morgan fingerprint density at radius 1 is 1.21 bits per heavy atom. The number of hydrogen-bond acceptors (Lipinski definition) is 5. The first kappa shape index (κ1) is 19.4. The molecule has 29 heavy (non-hydrogen) atoms. The van der Waals surface area contributed by atoms with Gasteiger partial charge in [-0.1, -0.05) is 6.92 Å². The van der Waals surface area contributed by atoms with Crippen molar-refractivity contribution in [3.8, 4) is 0 Å². The summed E-state index contributed by atoms with van der Waals surface area (Å²) in [4.78, 5) is 17.6. The zero-order valence-electron chi connectivity index (χ0n) is 17.6. The molecule has 0 bridgehead atoms. The van der Waals surface area contributed by atoms with Crippen molar-refractivity contribution in [2.45, 2.75) is 45.1 Å². The van der Waals surface area contributed by atoms with Gasteiger partial charge in [-0.05, 0) is 55.4 Å². The van der Waals surface area contributed by atoms with E-state index in [2.05, 4.69) is 33.5 Å². The molecule has 7 heteroatoms. The van der Waals surface area contributed by atoms with Crippen LogP contribution in [0.4, 0.5) is 5.82 Å². The highest BCUT2D eigenvalue weighted by Crippen LogP contribution is 2.40. The van der Waals surface area contributed by atoms with Gasteiger partial charge >= 0.3 is 0 Å². The lowest BCUT2D eigenvalue weighted by molar-refractivity contribution is -0.123. The van der Waals surface area contributed by atoms with Crippen LogP contribution in [0.1, 0.15) is 39.0 Å². The van der Waals surface area contributed by atoms with Gasteiger partial charge in [0.25, 0.3) is 0 Å². The molecule has 5 rings (SSSR count). The molecule has 1 aliphatic heterocycles. The Balaban J connectivity index is 1.08. The molecule has 6 nitrogen and oxygen atoms in total. The van der Waals surface area contributed by atoms with Crippen molar-refractivity contribution in [1.82, 2.24) is 20.0 Å². The van der Waals surface area contributed by atoms with Crippen LogP contribution < -0.4 is 10.2 Å². The fourth-order valence-corrected chi connectivity index (χ4v) is 6.06. The fraction of sp³-hybridized carbons (Fsp3) is 0.727. The smallest absolute Gasteiger partial charge is 0.223 e. The Labute approximate surface area is 177 Å². The second kappa shape index (κ2) is 7.91. The largest absolute Gasteiger partial charge is 0.353 e. The molecule has 0 unspecified atom stereocenters. The number of anilines is 1. The third-order valence-electron chi connectivity index (χ3n) is 7.23. The minimum atomic E-state index is 0.258. The average molecular weight is 416 g/mol. The van der Waals surface area contributed by atoms with Crippen LogP contribution in [0.25, 0.3) is 10.2 Å². The molecule has 158 valence electrons. The van der Waals surface area contributed by atoms with Crippen molar-refractivity contribution in [3.63, 3.8) is 0 Å². The Kier molecular flexibility index (Phi) is 5.28. The number of rotatable bonds is 5. The SMILES string of the molecule is CC1CCC(NC(=O)[C@@H]2C[C@H]2CN2CCN(c3nn(C)c4ccsc34)CC2)CC1. The summed E-state index contributed by atoms with van der Waals surface area (Å²) >= 11 is 1.78. The van der Waals surface area contributed by atoms with Crippen molar-refractivity contribution in [1.29, 1.82) is 0 Å². The third kappa shape index (κ3) is 4.04. The fourth-order valence-electron chi connectivity index (χ4n) is 5.13. The van der Waals surface area contributed by atoms with Gasteiger partial charge in [-0.3, -0.25) is 14.4 Å². The topological polar surface area (TPSA) is 53.4 Å². The number of carbonyl (C=O) groups is 1. The van der Waals surface area contributed by atoms with E-state index in [0.717, 1.165) is 63.7 Å². The summed E-state index contributed by atoms with van der Waals surface area (Å²) in [5, 5.41) is 10.2. The zero-order chi connectivity index (χ0) is 20.0. The van der Waals surface area contributed by atoms with Gasteiger partial charge < -0.3 is 10.2 Å². The van der Waals surface area contributed by atoms with E-state index in [0.29, 0.717) is 17.9 Å². The summed E-state index contributed by atoms with van der Waals surface area (Å²) in [6.07, 6.45) is 5.93. The lowest BCUT2D eigenvalue weighted by Crippen LogP contribution is -2.47. The van der Waals surface area contributed by atoms with Gasteiger partial charge in [-0.25, -0.2) is 0 Å². The molecule has 2 atom stereocenters. The predicted octanol–water partition coefficient (Wildman–Crippen LogP) is 3.09. The highest BCUT2D eigenvalue weighted by molar-refractivity contribution is 7.17. The molecule has 2 aromatic rings. The number of fused-ring (bicyclic) bond motifs is 1. The molecule has 0 radical (unpaired) electrons. The second-order valence-electron chi connectivity index (χ2n) is 9.44. The molecule has 1 N–H and O–H groups in total. The van der Waals surface area contributed by atoms with Gasteiger partial charge in [0.15, 0.2) is 5.82 Å². The lowest BCUT2D eigenvalue weighted by Gasteiger charge is -2.35. The molecule has 2 aromatic heterocycles. The first-order chi connectivity index (χ1) is 14.1. The number of nitrogens with zero attached hydrogens (tertiary/aromatic N) is 4. The van der Waals surface area contributed by atoms with E-state index in [1.165, 1.54) is 23.1 Å². The van der Waals surface area contributed by atoms with Gasteiger partial charge in [0.05, 0.1) is 10.2 Å². The highest BCUT2D eigenvalue weighted by Gasteiger charge is 2.44. The molecule has 0 spiro atoms. The number of amides is 1. The monoisotopic (exact) mass is 415 g/mol. The molecule has 0 aromatic carbocycles. The minimum absolute atomic E-state index is 0.258. The van der Waals surface area contributed by atoms with E-state index in [1.807, 2.05) is 11.7 Å². The molecule has 3 fully saturated rings. The highest BCUT2D eigenvalue weighted by atomic mass is 32.1. The summed E-state index contributed by atoms with van der Waals surface area (Å²) in [6.45, 7) is 7.57. The van der Waals surface area contributed by atoms with Crippen LogP contribution in [0.5, 0.6) is 0 Å². The Bertz CT molecular complexity index is 860. The molecule has 1 amide bonds. The minimum Gasteiger partial charge on any atom is -0.353 e. The van der Waals surface area contributed by atoms with Crippen molar-refractivity contribution in [2.75, 3.05) is 37.6 Å². The third-order valence-corrected chi connectivity index (χ3v) is 8.13. The molecular formula is C22H33N5OS. The van der Waals surface area contributed by atoms with Crippen LogP contribution in [0.3, 0.4) is 0 Å². The van der Waals surface area contributed by atoms with Crippen LogP contribution >= 0.6 is 11.3 Å². The first-order valence-electron chi connectivity index (χ1n) is 11.3. The number of hydrogen-bond donors (Lipinski definition) is 1. The van der Waals surface area contributed by atoms with Crippen LogP contribution in [0, 0.1) is 17.8 Å². The molecule has 3 aliphatic rings. The van der Waals surface area contributed by atoms with E-state index in [9.17, 15) is 4.79 Å². The number of aromatic nitrogens is 2.